The molecule has 1 N–H and O–H groups in total. The third kappa shape index (κ3) is 5.45. The fraction of sp³-hybridized carbons (Fsp3) is 0.182. The van der Waals surface area contributed by atoms with Gasteiger partial charge in [-0.15, -0.1) is 17.8 Å². The van der Waals surface area contributed by atoms with E-state index in [0.29, 0.717) is 17.2 Å². The SMILES string of the molecule is C#CCNS(=O)(=O)c1cccc(C(=O)OCc2csc(-c3ccc(OC)c(OC)c3)n2)c1. The van der Waals surface area contributed by atoms with Crippen molar-refractivity contribution in [2.75, 3.05) is 20.8 Å². The normalized spacial score (nSPS) is 10.9. The Morgan fingerprint density at radius 3 is 2.66 bits per heavy atom. The molecule has 0 radical (unpaired) electrons. The number of nitrogens with zero attached hydrogens (tertiary/aromatic N) is 1. The van der Waals surface area contributed by atoms with Crippen molar-refractivity contribution in [3.05, 3.63) is 59.1 Å². The summed E-state index contributed by atoms with van der Waals surface area (Å²) in [6.07, 6.45) is 5.09. The van der Waals surface area contributed by atoms with E-state index in [0.717, 1.165) is 10.6 Å². The summed E-state index contributed by atoms with van der Waals surface area (Å²) in [5, 5.41) is 2.51. The molecule has 1 aromatic heterocycles. The van der Waals surface area contributed by atoms with Gasteiger partial charge in [-0.3, -0.25) is 0 Å². The van der Waals surface area contributed by atoms with Crippen LogP contribution in [-0.2, 0) is 21.4 Å². The number of ether oxygens (including phenoxy) is 3. The van der Waals surface area contributed by atoms with Gasteiger partial charge in [0.25, 0.3) is 0 Å². The minimum Gasteiger partial charge on any atom is -0.493 e. The lowest BCUT2D eigenvalue weighted by molar-refractivity contribution is 0.0468. The molecule has 0 atom stereocenters. The standard InChI is InChI=1S/C22H20N2O6S2/c1-4-10-23-32(26,27)18-7-5-6-16(11-18)22(25)30-13-17-14-31-21(24-17)15-8-9-19(28-2)20(12-15)29-3/h1,5-9,11-12,14,23H,10,13H2,2-3H3. The molecule has 8 nitrogen and oxygen atoms in total. The quantitative estimate of drug-likeness (QED) is 0.377. The van der Waals surface area contributed by atoms with Crippen LogP contribution in [0.5, 0.6) is 11.5 Å². The Balaban J connectivity index is 1.69. The van der Waals surface area contributed by atoms with Crippen LogP contribution in [0.2, 0.25) is 0 Å². The minimum atomic E-state index is -3.81. The second-order valence-corrected chi connectivity index (χ2v) is 8.97. The van der Waals surface area contributed by atoms with Gasteiger partial charge in [0.05, 0.1) is 36.9 Å². The van der Waals surface area contributed by atoms with Crippen molar-refractivity contribution >= 4 is 27.3 Å². The van der Waals surface area contributed by atoms with E-state index in [1.807, 2.05) is 12.1 Å². The number of benzene rings is 2. The minimum absolute atomic E-state index is 0.0606. The number of rotatable bonds is 9. The van der Waals surface area contributed by atoms with Gasteiger partial charge in [-0.2, -0.15) is 4.72 Å². The molecule has 3 aromatic rings. The van der Waals surface area contributed by atoms with Crippen LogP contribution in [0.4, 0.5) is 0 Å². The van der Waals surface area contributed by atoms with Crippen LogP contribution in [0.3, 0.4) is 0 Å². The van der Waals surface area contributed by atoms with Crippen LogP contribution in [0.25, 0.3) is 10.6 Å². The molecule has 32 heavy (non-hydrogen) atoms. The number of aromatic nitrogens is 1. The van der Waals surface area contributed by atoms with E-state index >= 15 is 0 Å². The highest BCUT2D eigenvalue weighted by Gasteiger charge is 2.17. The smallest absolute Gasteiger partial charge is 0.338 e. The Bertz CT molecular complexity index is 1260. The second kappa shape index (κ2) is 10.3. The maximum Gasteiger partial charge on any atom is 0.338 e. The number of thiazole rings is 1. The van der Waals surface area contributed by atoms with Crippen LogP contribution in [0.15, 0.2) is 52.7 Å². The highest BCUT2D eigenvalue weighted by molar-refractivity contribution is 7.89. The monoisotopic (exact) mass is 472 g/mol. The molecule has 1 heterocycles. The fourth-order valence-electron chi connectivity index (χ4n) is 2.71. The largest absolute Gasteiger partial charge is 0.493 e. The van der Waals surface area contributed by atoms with Gasteiger partial charge >= 0.3 is 5.97 Å². The highest BCUT2D eigenvalue weighted by Crippen LogP contribution is 2.33. The highest BCUT2D eigenvalue weighted by atomic mass is 32.2. The maximum absolute atomic E-state index is 12.4. The second-order valence-electron chi connectivity index (χ2n) is 6.35. The van der Waals surface area contributed by atoms with Crippen LogP contribution < -0.4 is 14.2 Å². The molecule has 0 unspecified atom stereocenters. The first-order chi connectivity index (χ1) is 15.4. The van der Waals surface area contributed by atoms with E-state index in [4.69, 9.17) is 20.6 Å². The first-order valence-electron chi connectivity index (χ1n) is 9.25. The molecule has 0 saturated carbocycles. The zero-order valence-electron chi connectivity index (χ0n) is 17.3. The number of hydrogen-bond acceptors (Lipinski definition) is 8. The molecule has 0 saturated heterocycles. The zero-order chi connectivity index (χ0) is 23.1. The molecular weight excluding hydrogens is 452 g/mol. The van der Waals surface area contributed by atoms with Crippen LogP contribution in [0.1, 0.15) is 16.1 Å². The summed E-state index contributed by atoms with van der Waals surface area (Å²) in [7, 11) is -0.697. The Labute approximate surface area is 190 Å². The van der Waals surface area contributed by atoms with Crippen molar-refractivity contribution in [2.24, 2.45) is 0 Å². The van der Waals surface area contributed by atoms with E-state index in [1.54, 1.807) is 25.7 Å². The van der Waals surface area contributed by atoms with Crippen LogP contribution in [-0.4, -0.2) is 40.1 Å². The average molecular weight is 473 g/mol. The molecule has 0 fully saturated rings. The molecule has 0 aliphatic carbocycles. The Morgan fingerprint density at radius 1 is 1.16 bits per heavy atom. The number of carbonyl (C=O) groups is 1. The molecule has 10 heteroatoms. The lowest BCUT2D eigenvalue weighted by atomic mass is 10.2. The lowest BCUT2D eigenvalue weighted by Gasteiger charge is -2.08. The summed E-state index contributed by atoms with van der Waals surface area (Å²) in [6, 6.07) is 11.0. The lowest BCUT2D eigenvalue weighted by Crippen LogP contribution is -2.24. The molecule has 166 valence electrons. The van der Waals surface area contributed by atoms with Crippen molar-refractivity contribution in [2.45, 2.75) is 11.5 Å². The zero-order valence-corrected chi connectivity index (χ0v) is 19.0. The summed E-state index contributed by atoms with van der Waals surface area (Å²) in [6.45, 7) is -0.210. The summed E-state index contributed by atoms with van der Waals surface area (Å²) in [5.41, 5.74) is 1.50. The van der Waals surface area contributed by atoms with Crippen LogP contribution in [0, 0.1) is 12.3 Å². The molecular formula is C22H20N2O6S2. The molecule has 0 bridgehead atoms. The third-order valence-corrected chi connectivity index (χ3v) is 6.62. The Kier molecular flexibility index (Phi) is 7.48. The topological polar surface area (TPSA) is 104 Å². The maximum atomic E-state index is 12.4. The summed E-state index contributed by atoms with van der Waals surface area (Å²) >= 11 is 1.39. The van der Waals surface area contributed by atoms with Gasteiger partial charge < -0.3 is 14.2 Å². The van der Waals surface area contributed by atoms with Gasteiger partial charge in [0.2, 0.25) is 10.0 Å². The third-order valence-electron chi connectivity index (χ3n) is 4.28. The number of nitrogens with one attached hydrogen (secondary N) is 1. The number of methoxy groups -OCH3 is 2. The van der Waals surface area contributed by atoms with Crippen molar-refractivity contribution in [3.8, 4) is 34.4 Å². The predicted molar refractivity (Wildman–Crippen MR) is 120 cm³/mol. The van der Waals surface area contributed by atoms with E-state index in [2.05, 4.69) is 15.6 Å². The summed E-state index contributed by atoms with van der Waals surface area (Å²) in [4.78, 5) is 16.8. The number of esters is 1. The van der Waals surface area contributed by atoms with Crippen molar-refractivity contribution in [3.63, 3.8) is 0 Å². The van der Waals surface area contributed by atoms with E-state index in [1.165, 1.54) is 35.6 Å². The summed E-state index contributed by atoms with van der Waals surface area (Å²) < 4.78 is 42.5. The van der Waals surface area contributed by atoms with Gasteiger partial charge in [-0.05, 0) is 36.4 Å². The summed E-state index contributed by atoms with van der Waals surface area (Å²) in [5.74, 6) is 2.72. The van der Waals surface area contributed by atoms with Crippen molar-refractivity contribution in [1.29, 1.82) is 0 Å². The van der Waals surface area contributed by atoms with Gasteiger partial charge in [0.1, 0.15) is 11.6 Å². The molecule has 0 amide bonds. The van der Waals surface area contributed by atoms with Crippen molar-refractivity contribution < 1.29 is 27.4 Å². The van der Waals surface area contributed by atoms with Gasteiger partial charge in [0.15, 0.2) is 11.5 Å². The number of terminal acetylenes is 1. The van der Waals surface area contributed by atoms with Gasteiger partial charge in [-0.1, -0.05) is 12.0 Å². The Hall–Kier alpha value is -3.39. The molecule has 0 aliphatic rings. The Morgan fingerprint density at radius 2 is 1.94 bits per heavy atom. The number of sulfonamides is 1. The van der Waals surface area contributed by atoms with E-state index < -0.39 is 16.0 Å². The number of carbonyl (C=O) groups excluding carboxylic acids is 1. The fourth-order valence-corrected chi connectivity index (χ4v) is 4.49. The first-order valence-corrected chi connectivity index (χ1v) is 11.6. The van der Waals surface area contributed by atoms with Gasteiger partial charge in [-0.25, -0.2) is 18.2 Å². The van der Waals surface area contributed by atoms with E-state index in [-0.39, 0.29) is 23.6 Å². The first kappa shape index (κ1) is 23.3. The molecule has 3 rings (SSSR count). The average Bonchev–Trinajstić information content (AvgIpc) is 3.30. The van der Waals surface area contributed by atoms with Gasteiger partial charge in [0, 0.05) is 10.9 Å². The van der Waals surface area contributed by atoms with Crippen molar-refractivity contribution in [1.82, 2.24) is 9.71 Å². The van der Waals surface area contributed by atoms with E-state index in [9.17, 15) is 13.2 Å². The predicted octanol–water partition coefficient (Wildman–Crippen LogP) is 3.10. The van der Waals surface area contributed by atoms with Crippen LogP contribution >= 0.6 is 11.3 Å². The number of hydrogen-bond donors (Lipinski definition) is 1. The molecule has 0 spiro atoms. The molecule has 2 aromatic carbocycles. The molecule has 0 aliphatic heterocycles.